The minimum Gasteiger partial charge on any atom is -0.497 e. The van der Waals surface area contributed by atoms with Crippen LogP contribution >= 0.6 is 0 Å². The third-order valence-electron chi connectivity index (χ3n) is 2.52. The highest BCUT2D eigenvalue weighted by molar-refractivity contribution is 5.80. The van der Waals surface area contributed by atoms with Gasteiger partial charge in [-0.1, -0.05) is 6.08 Å². The fourth-order valence-corrected chi connectivity index (χ4v) is 1.59. The number of rotatable bonds is 3. The van der Waals surface area contributed by atoms with Gasteiger partial charge in [-0.15, -0.1) is 0 Å². The molecule has 4 heteroatoms. The summed E-state index contributed by atoms with van der Waals surface area (Å²) in [7, 11) is 1.55. The van der Waals surface area contributed by atoms with Gasteiger partial charge >= 0.3 is 5.63 Å². The van der Waals surface area contributed by atoms with Gasteiger partial charge in [0.1, 0.15) is 11.3 Å². The first kappa shape index (κ1) is 12.4. The third-order valence-corrected chi connectivity index (χ3v) is 2.52. The van der Waals surface area contributed by atoms with Crippen LogP contribution in [0, 0.1) is 0 Å². The van der Waals surface area contributed by atoms with E-state index in [4.69, 9.17) is 14.3 Å². The molecule has 0 aliphatic heterocycles. The molecule has 4 nitrogen and oxygen atoms in total. The van der Waals surface area contributed by atoms with Crippen LogP contribution < -0.4 is 10.4 Å². The standard InChI is InChI=1S/C14H14O4/c1-9(15)3-4-11-7-10-5-6-12(17-2)8-13(10)18-14(11)16/h3-9,15H,1-2H3. The first-order valence-electron chi connectivity index (χ1n) is 5.58. The summed E-state index contributed by atoms with van der Waals surface area (Å²) >= 11 is 0. The largest absolute Gasteiger partial charge is 0.497 e. The molecule has 0 saturated heterocycles. The monoisotopic (exact) mass is 246 g/mol. The Hall–Kier alpha value is -2.07. The lowest BCUT2D eigenvalue weighted by Gasteiger charge is -2.02. The van der Waals surface area contributed by atoms with Crippen molar-refractivity contribution >= 4 is 17.0 Å². The number of aliphatic hydroxyl groups is 1. The van der Waals surface area contributed by atoms with Crippen LogP contribution in [0.3, 0.4) is 0 Å². The molecule has 1 N–H and O–H groups in total. The molecule has 0 aliphatic rings. The van der Waals surface area contributed by atoms with Crippen LogP contribution in [0.15, 0.2) is 39.6 Å². The summed E-state index contributed by atoms with van der Waals surface area (Å²) in [6.07, 6.45) is 2.48. The molecule has 2 rings (SSSR count). The second-order valence-electron chi connectivity index (χ2n) is 3.99. The summed E-state index contributed by atoms with van der Waals surface area (Å²) in [6, 6.07) is 7.00. The van der Waals surface area contributed by atoms with Gasteiger partial charge in [-0.05, 0) is 31.2 Å². The Morgan fingerprint density at radius 2 is 2.17 bits per heavy atom. The molecule has 1 atom stereocenters. The Bertz CT molecular complexity index is 638. The van der Waals surface area contributed by atoms with E-state index in [0.29, 0.717) is 16.9 Å². The van der Waals surface area contributed by atoms with Crippen molar-refractivity contribution in [2.24, 2.45) is 0 Å². The summed E-state index contributed by atoms with van der Waals surface area (Å²) in [5, 5.41) is 9.96. The molecule has 0 bridgehead atoms. The van der Waals surface area contributed by atoms with Crippen LogP contribution in [-0.4, -0.2) is 18.3 Å². The van der Waals surface area contributed by atoms with Crippen molar-refractivity contribution in [1.82, 2.24) is 0 Å². The van der Waals surface area contributed by atoms with E-state index < -0.39 is 11.7 Å². The molecule has 94 valence electrons. The molecular formula is C14H14O4. The van der Waals surface area contributed by atoms with E-state index in [-0.39, 0.29) is 0 Å². The average molecular weight is 246 g/mol. The van der Waals surface area contributed by atoms with Crippen LogP contribution in [0.4, 0.5) is 0 Å². The van der Waals surface area contributed by atoms with Crippen LogP contribution in [0.2, 0.25) is 0 Å². The van der Waals surface area contributed by atoms with E-state index in [0.717, 1.165) is 5.39 Å². The summed E-state index contributed by atoms with van der Waals surface area (Å²) in [5.41, 5.74) is 0.453. The van der Waals surface area contributed by atoms with Gasteiger partial charge in [0, 0.05) is 11.5 Å². The number of fused-ring (bicyclic) bond motifs is 1. The smallest absolute Gasteiger partial charge is 0.343 e. The highest BCUT2D eigenvalue weighted by atomic mass is 16.5. The van der Waals surface area contributed by atoms with E-state index in [9.17, 15) is 4.79 Å². The fraction of sp³-hybridized carbons (Fsp3) is 0.214. The number of methoxy groups -OCH3 is 1. The zero-order chi connectivity index (χ0) is 13.1. The van der Waals surface area contributed by atoms with Crippen LogP contribution in [-0.2, 0) is 0 Å². The average Bonchev–Trinajstić information content (AvgIpc) is 2.35. The van der Waals surface area contributed by atoms with Crippen LogP contribution in [0.1, 0.15) is 12.5 Å². The maximum atomic E-state index is 11.7. The van der Waals surface area contributed by atoms with Crippen molar-refractivity contribution in [3.05, 3.63) is 46.3 Å². The van der Waals surface area contributed by atoms with E-state index >= 15 is 0 Å². The van der Waals surface area contributed by atoms with Gasteiger partial charge in [-0.2, -0.15) is 0 Å². The molecule has 0 radical (unpaired) electrons. The molecular weight excluding hydrogens is 232 g/mol. The van der Waals surface area contributed by atoms with Gasteiger partial charge in [-0.25, -0.2) is 4.79 Å². The van der Waals surface area contributed by atoms with Gasteiger partial charge in [0.25, 0.3) is 0 Å². The second-order valence-corrected chi connectivity index (χ2v) is 3.99. The number of hydrogen-bond donors (Lipinski definition) is 1. The molecule has 18 heavy (non-hydrogen) atoms. The number of hydrogen-bond acceptors (Lipinski definition) is 4. The Labute approximate surface area is 104 Å². The van der Waals surface area contributed by atoms with Gasteiger partial charge in [0.15, 0.2) is 0 Å². The molecule has 0 amide bonds. The molecule has 0 aliphatic carbocycles. The maximum Gasteiger partial charge on any atom is 0.343 e. The highest BCUT2D eigenvalue weighted by Gasteiger charge is 2.04. The minimum atomic E-state index is -0.601. The molecule has 1 unspecified atom stereocenters. The van der Waals surface area contributed by atoms with E-state index in [1.54, 1.807) is 38.3 Å². The van der Waals surface area contributed by atoms with Gasteiger partial charge < -0.3 is 14.3 Å². The maximum absolute atomic E-state index is 11.7. The normalized spacial score (nSPS) is 13.1. The Morgan fingerprint density at radius 3 is 2.83 bits per heavy atom. The van der Waals surface area contributed by atoms with Crippen LogP contribution in [0.25, 0.3) is 17.0 Å². The summed E-state index contributed by atoms with van der Waals surface area (Å²) in [6.45, 7) is 1.62. The number of aliphatic hydroxyl groups excluding tert-OH is 1. The van der Waals surface area contributed by atoms with Gasteiger partial charge in [0.05, 0.1) is 18.8 Å². The van der Waals surface area contributed by atoms with Gasteiger partial charge in [0.2, 0.25) is 0 Å². The van der Waals surface area contributed by atoms with Crippen molar-refractivity contribution in [3.63, 3.8) is 0 Å². The fourth-order valence-electron chi connectivity index (χ4n) is 1.59. The van der Waals surface area contributed by atoms with E-state index in [2.05, 4.69) is 0 Å². The zero-order valence-electron chi connectivity index (χ0n) is 10.2. The van der Waals surface area contributed by atoms with Crippen molar-refractivity contribution in [1.29, 1.82) is 0 Å². The Balaban J connectivity index is 2.53. The molecule has 0 saturated carbocycles. The van der Waals surface area contributed by atoms with Crippen molar-refractivity contribution in [3.8, 4) is 5.75 Å². The quantitative estimate of drug-likeness (QED) is 0.843. The first-order chi connectivity index (χ1) is 8.60. The Morgan fingerprint density at radius 1 is 1.39 bits per heavy atom. The zero-order valence-corrected chi connectivity index (χ0v) is 10.2. The van der Waals surface area contributed by atoms with E-state index in [1.807, 2.05) is 6.07 Å². The van der Waals surface area contributed by atoms with Gasteiger partial charge in [-0.3, -0.25) is 0 Å². The second kappa shape index (κ2) is 5.06. The SMILES string of the molecule is COc1ccc2cc(C=CC(C)O)c(=O)oc2c1. The lowest BCUT2D eigenvalue weighted by molar-refractivity contribution is 0.245. The van der Waals surface area contributed by atoms with Crippen molar-refractivity contribution < 1.29 is 14.3 Å². The lowest BCUT2D eigenvalue weighted by atomic mass is 10.1. The summed E-state index contributed by atoms with van der Waals surface area (Å²) in [4.78, 5) is 11.7. The lowest BCUT2D eigenvalue weighted by Crippen LogP contribution is -2.03. The van der Waals surface area contributed by atoms with Crippen molar-refractivity contribution in [2.75, 3.05) is 7.11 Å². The molecule has 1 aromatic heterocycles. The summed E-state index contributed by atoms with van der Waals surface area (Å²) < 4.78 is 10.3. The molecule has 0 fully saturated rings. The number of ether oxygens (including phenoxy) is 1. The third kappa shape index (κ3) is 2.60. The topological polar surface area (TPSA) is 59.7 Å². The molecule has 0 spiro atoms. The van der Waals surface area contributed by atoms with Crippen molar-refractivity contribution in [2.45, 2.75) is 13.0 Å². The molecule has 1 heterocycles. The van der Waals surface area contributed by atoms with E-state index in [1.165, 1.54) is 6.08 Å². The minimum absolute atomic E-state index is 0.411. The number of benzene rings is 1. The summed E-state index contributed by atoms with van der Waals surface area (Å²) in [5.74, 6) is 0.637. The molecule has 1 aromatic carbocycles. The Kier molecular flexibility index (Phi) is 3.48. The predicted molar refractivity (Wildman–Crippen MR) is 69.8 cm³/mol. The van der Waals surface area contributed by atoms with Crippen LogP contribution in [0.5, 0.6) is 5.75 Å². The highest BCUT2D eigenvalue weighted by Crippen LogP contribution is 2.20. The predicted octanol–water partition coefficient (Wildman–Crippen LogP) is 2.20. The molecule has 2 aromatic rings. The first-order valence-corrected chi connectivity index (χ1v) is 5.58.